The average molecular weight is 410 g/mol. The Morgan fingerprint density at radius 2 is 1.81 bits per heavy atom. The highest BCUT2D eigenvalue weighted by Crippen LogP contribution is 2.25. The number of amides is 1. The smallest absolute Gasteiger partial charge is 0.263 e. The minimum atomic E-state index is -0.177. The number of benzene rings is 1. The second-order valence-electron chi connectivity index (χ2n) is 5.32. The summed E-state index contributed by atoms with van der Waals surface area (Å²) in [6.07, 6.45) is 5.61. The van der Waals surface area contributed by atoms with Gasteiger partial charge in [-0.3, -0.25) is 4.79 Å². The number of rotatable bonds is 2. The largest absolute Gasteiger partial charge is 0.480 e. The fourth-order valence-electron chi connectivity index (χ4n) is 2.16. The number of ether oxygens (including phenoxy) is 1. The molecule has 2 aromatic heterocycles. The van der Waals surface area contributed by atoms with Crippen LogP contribution in [0.3, 0.4) is 0 Å². The summed E-state index contributed by atoms with van der Waals surface area (Å²) < 4.78 is 6.14. The lowest BCUT2D eigenvalue weighted by Crippen LogP contribution is -2.26. The predicted octanol–water partition coefficient (Wildman–Crippen LogP) is 4.43. The molecule has 1 aromatic carbocycles. The number of nitrogens with one attached hydrogen (secondary N) is 1. The summed E-state index contributed by atoms with van der Waals surface area (Å²) in [5.74, 6) is 0.909. The topological polar surface area (TPSA) is 64.1 Å². The van der Waals surface area contributed by atoms with Crippen LogP contribution in [0, 0.1) is 0 Å². The number of halogens is 1. The summed E-state index contributed by atoms with van der Waals surface area (Å²) in [4.78, 5) is 19.5. The van der Waals surface area contributed by atoms with Crippen molar-refractivity contribution in [3.63, 3.8) is 0 Å². The Labute approximate surface area is 159 Å². The van der Waals surface area contributed by atoms with Crippen LogP contribution in [0.1, 0.15) is 11.3 Å². The lowest BCUT2D eigenvalue weighted by molar-refractivity contribution is -0.118. The minimum Gasteiger partial charge on any atom is -0.480 e. The Morgan fingerprint density at radius 3 is 2.50 bits per heavy atom. The van der Waals surface area contributed by atoms with Crippen molar-refractivity contribution in [1.29, 1.82) is 0 Å². The molecule has 0 atom stereocenters. The number of carbonyl (C=O) groups is 1. The third kappa shape index (κ3) is 5.26. The number of pyridine rings is 2. The summed E-state index contributed by atoms with van der Waals surface area (Å²) >= 11 is 3.20. The molecule has 0 saturated heterocycles. The first-order valence-corrected chi connectivity index (χ1v) is 8.73. The summed E-state index contributed by atoms with van der Waals surface area (Å²) in [5, 5.41) is 2.69. The molecule has 3 heterocycles. The normalized spacial score (nSPS) is 12.4. The molecule has 1 aliphatic rings. The van der Waals surface area contributed by atoms with Crippen LogP contribution < -0.4 is 10.1 Å². The number of anilines is 1. The van der Waals surface area contributed by atoms with Gasteiger partial charge in [-0.2, -0.15) is 0 Å². The van der Waals surface area contributed by atoms with Gasteiger partial charge in [0.2, 0.25) is 0 Å². The number of nitrogens with zero attached hydrogens (tertiary/aromatic N) is 2. The molecule has 0 saturated carbocycles. The van der Waals surface area contributed by atoms with Gasteiger partial charge in [-0.05, 0) is 51.8 Å². The maximum atomic E-state index is 11.2. The van der Waals surface area contributed by atoms with E-state index in [1.165, 1.54) is 0 Å². The fourth-order valence-corrected chi connectivity index (χ4v) is 2.43. The summed E-state index contributed by atoms with van der Waals surface area (Å²) in [6.45, 7) is 0.0495. The highest BCUT2D eigenvalue weighted by atomic mass is 79.9. The van der Waals surface area contributed by atoms with Gasteiger partial charge in [0.05, 0.1) is 5.69 Å². The third-order valence-electron chi connectivity index (χ3n) is 3.37. The van der Waals surface area contributed by atoms with Gasteiger partial charge in [0, 0.05) is 6.20 Å². The van der Waals surface area contributed by atoms with E-state index in [0.717, 1.165) is 15.9 Å². The molecule has 0 spiro atoms. The highest BCUT2D eigenvalue weighted by molar-refractivity contribution is 9.10. The molecule has 0 fully saturated rings. The van der Waals surface area contributed by atoms with Crippen molar-refractivity contribution in [3.8, 4) is 5.75 Å². The van der Waals surface area contributed by atoms with E-state index in [1.807, 2.05) is 72.8 Å². The highest BCUT2D eigenvalue weighted by Gasteiger charge is 2.16. The van der Waals surface area contributed by atoms with Gasteiger partial charge in [-0.25, -0.2) is 9.97 Å². The summed E-state index contributed by atoms with van der Waals surface area (Å²) in [5.41, 5.74) is 1.87. The van der Waals surface area contributed by atoms with Gasteiger partial charge < -0.3 is 10.1 Å². The third-order valence-corrected chi connectivity index (χ3v) is 3.84. The van der Waals surface area contributed by atoms with Gasteiger partial charge in [-0.15, -0.1) is 0 Å². The number of hydrogen-bond donors (Lipinski definition) is 1. The van der Waals surface area contributed by atoms with Crippen LogP contribution in [0.2, 0.25) is 0 Å². The van der Waals surface area contributed by atoms with Crippen LogP contribution in [-0.2, 0) is 4.79 Å². The number of fused-ring (bicyclic) bond motifs is 1. The molecule has 0 bridgehead atoms. The molecule has 6 heteroatoms. The zero-order valence-corrected chi connectivity index (χ0v) is 15.4. The van der Waals surface area contributed by atoms with Gasteiger partial charge in [-0.1, -0.05) is 42.5 Å². The molecule has 0 radical (unpaired) electrons. The maximum absolute atomic E-state index is 11.2. The van der Waals surface area contributed by atoms with Gasteiger partial charge in [0.25, 0.3) is 5.91 Å². The van der Waals surface area contributed by atoms with Crippen molar-refractivity contribution in [2.45, 2.75) is 0 Å². The molecular formula is C20H16BrN3O2. The SMILES string of the molecule is Brc1ccccn1.O=C1COc2ccc(/C=C/c3ccccc3)nc2N1. The quantitative estimate of drug-likeness (QED) is 0.635. The Bertz CT molecular complexity index is 899. The van der Waals surface area contributed by atoms with Gasteiger partial charge in [0.1, 0.15) is 4.60 Å². The molecule has 1 aliphatic heterocycles. The van der Waals surface area contributed by atoms with Gasteiger partial charge >= 0.3 is 0 Å². The van der Waals surface area contributed by atoms with Crippen molar-refractivity contribution in [3.05, 3.63) is 82.7 Å². The van der Waals surface area contributed by atoms with Crippen LogP contribution in [0.5, 0.6) is 5.75 Å². The molecule has 1 N–H and O–H groups in total. The van der Waals surface area contributed by atoms with E-state index in [1.54, 1.807) is 6.20 Å². The van der Waals surface area contributed by atoms with E-state index in [0.29, 0.717) is 11.6 Å². The van der Waals surface area contributed by atoms with E-state index in [4.69, 9.17) is 4.74 Å². The number of aromatic nitrogens is 2. The summed E-state index contributed by atoms with van der Waals surface area (Å²) in [7, 11) is 0. The molecule has 3 aromatic rings. The van der Waals surface area contributed by atoms with E-state index in [9.17, 15) is 4.79 Å². The molecule has 0 aliphatic carbocycles. The zero-order valence-electron chi connectivity index (χ0n) is 13.8. The Balaban J connectivity index is 0.000000236. The Morgan fingerprint density at radius 1 is 1.00 bits per heavy atom. The van der Waals surface area contributed by atoms with Gasteiger partial charge in [0.15, 0.2) is 18.2 Å². The van der Waals surface area contributed by atoms with Crippen molar-refractivity contribution >= 4 is 39.8 Å². The summed E-state index contributed by atoms with van der Waals surface area (Å²) in [6, 6.07) is 19.3. The first-order valence-electron chi connectivity index (χ1n) is 7.94. The second kappa shape index (κ2) is 8.92. The Kier molecular flexibility index (Phi) is 6.11. The fraction of sp³-hybridized carbons (Fsp3) is 0.0500. The van der Waals surface area contributed by atoms with Crippen LogP contribution in [0.15, 0.2) is 71.5 Å². The standard InChI is InChI=1S/C15H12N2O2.C5H4BrN/c18-14-10-19-13-9-8-12(16-15(13)17-14)7-6-11-4-2-1-3-5-11;6-5-3-1-2-4-7-5/h1-9H,10H2,(H,16,17,18);1-4H/b7-6+;. The van der Waals surface area contributed by atoms with Crippen molar-refractivity contribution in [1.82, 2.24) is 9.97 Å². The average Bonchev–Trinajstić information content (AvgIpc) is 2.68. The zero-order chi connectivity index (χ0) is 18.2. The molecule has 1 amide bonds. The van der Waals surface area contributed by atoms with Crippen molar-refractivity contribution in [2.75, 3.05) is 11.9 Å². The van der Waals surface area contributed by atoms with E-state index in [-0.39, 0.29) is 12.5 Å². The van der Waals surface area contributed by atoms with Crippen LogP contribution in [0.25, 0.3) is 12.2 Å². The Hall–Kier alpha value is -2.99. The van der Waals surface area contributed by atoms with E-state index < -0.39 is 0 Å². The minimum absolute atomic E-state index is 0.0495. The monoisotopic (exact) mass is 409 g/mol. The molecule has 4 rings (SSSR count). The first-order chi connectivity index (χ1) is 12.7. The first kappa shape index (κ1) is 17.8. The second-order valence-corrected chi connectivity index (χ2v) is 6.13. The van der Waals surface area contributed by atoms with Crippen molar-refractivity contribution < 1.29 is 9.53 Å². The lowest BCUT2D eigenvalue weighted by atomic mass is 10.2. The van der Waals surface area contributed by atoms with Crippen molar-refractivity contribution in [2.24, 2.45) is 0 Å². The molecule has 26 heavy (non-hydrogen) atoms. The van der Waals surface area contributed by atoms with E-state index in [2.05, 4.69) is 31.2 Å². The molecule has 5 nitrogen and oxygen atoms in total. The number of hydrogen-bond acceptors (Lipinski definition) is 4. The van der Waals surface area contributed by atoms with E-state index >= 15 is 0 Å². The van der Waals surface area contributed by atoms with Crippen LogP contribution >= 0.6 is 15.9 Å². The number of carbonyl (C=O) groups excluding carboxylic acids is 1. The molecule has 130 valence electrons. The predicted molar refractivity (Wildman–Crippen MR) is 106 cm³/mol. The lowest BCUT2D eigenvalue weighted by Gasteiger charge is -2.16. The van der Waals surface area contributed by atoms with Crippen LogP contribution in [-0.4, -0.2) is 22.5 Å². The maximum Gasteiger partial charge on any atom is 0.263 e. The van der Waals surface area contributed by atoms with Crippen LogP contribution in [0.4, 0.5) is 5.82 Å². The molecule has 0 unspecified atom stereocenters. The molecular weight excluding hydrogens is 394 g/mol.